The minimum Gasteiger partial charge on any atom is -0.468 e. The van der Waals surface area contributed by atoms with E-state index in [9.17, 15) is 0 Å². The fraction of sp³-hybridized carbons (Fsp3) is 0.692. The van der Waals surface area contributed by atoms with Gasteiger partial charge in [0, 0.05) is 31.9 Å². The highest BCUT2D eigenvalue weighted by Gasteiger charge is 2.21. The third-order valence-electron chi connectivity index (χ3n) is 2.86. The third-order valence-corrected chi connectivity index (χ3v) is 2.86. The molecule has 4 heteroatoms. The van der Waals surface area contributed by atoms with Gasteiger partial charge in [-0.25, -0.2) is 0 Å². The summed E-state index contributed by atoms with van der Waals surface area (Å²) in [5.74, 6) is 1.00. The van der Waals surface area contributed by atoms with Gasteiger partial charge in [-0.3, -0.25) is 0 Å². The number of nitrogens with one attached hydrogen (secondary N) is 1. The summed E-state index contributed by atoms with van der Waals surface area (Å²) in [4.78, 5) is 0. The van der Waals surface area contributed by atoms with Crippen molar-refractivity contribution in [2.24, 2.45) is 0 Å². The van der Waals surface area contributed by atoms with Crippen molar-refractivity contribution in [3.8, 4) is 0 Å². The normalized spacial score (nSPS) is 15.4. The molecule has 1 saturated carbocycles. The van der Waals surface area contributed by atoms with Gasteiger partial charge in [0.15, 0.2) is 0 Å². The zero-order valence-electron chi connectivity index (χ0n) is 10.4. The van der Waals surface area contributed by atoms with Crippen LogP contribution in [0.5, 0.6) is 0 Å². The van der Waals surface area contributed by atoms with Gasteiger partial charge in [0.05, 0.1) is 19.4 Å². The predicted molar refractivity (Wildman–Crippen MR) is 64.7 cm³/mol. The van der Waals surface area contributed by atoms with Crippen LogP contribution in [0.4, 0.5) is 0 Å². The Hall–Kier alpha value is -0.840. The van der Waals surface area contributed by atoms with E-state index in [4.69, 9.17) is 13.9 Å². The van der Waals surface area contributed by atoms with Crippen LogP contribution >= 0.6 is 0 Å². The fourth-order valence-electron chi connectivity index (χ4n) is 1.66. The van der Waals surface area contributed by atoms with Gasteiger partial charge in [0.25, 0.3) is 0 Å². The summed E-state index contributed by atoms with van der Waals surface area (Å²) in [6.45, 7) is 2.92. The van der Waals surface area contributed by atoms with Gasteiger partial charge in [0.1, 0.15) is 5.76 Å². The lowest BCUT2D eigenvalue weighted by molar-refractivity contribution is 0.0919. The fourth-order valence-corrected chi connectivity index (χ4v) is 1.66. The van der Waals surface area contributed by atoms with E-state index >= 15 is 0 Å². The van der Waals surface area contributed by atoms with E-state index in [2.05, 4.69) is 5.32 Å². The Labute approximate surface area is 102 Å². The van der Waals surface area contributed by atoms with Crippen LogP contribution in [0.1, 0.15) is 30.6 Å². The van der Waals surface area contributed by atoms with Crippen molar-refractivity contribution in [1.82, 2.24) is 5.32 Å². The first-order valence-corrected chi connectivity index (χ1v) is 6.25. The zero-order valence-corrected chi connectivity index (χ0v) is 10.4. The van der Waals surface area contributed by atoms with Gasteiger partial charge < -0.3 is 19.2 Å². The van der Waals surface area contributed by atoms with Crippen molar-refractivity contribution >= 4 is 0 Å². The molecular weight excluding hydrogens is 218 g/mol. The lowest BCUT2D eigenvalue weighted by Gasteiger charge is -2.05. The van der Waals surface area contributed by atoms with Crippen LogP contribution in [-0.2, 0) is 22.6 Å². The Morgan fingerprint density at radius 1 is 1.41 bits per heavy atom. The van der Waals surface area contributed by atoms with Gasteiger partial charge in [-0.15, -0.1) is 0 Å². The lowest BCUT2D eigenvalue weighted by Crippen LogP contribution is -2.15. The minimum absolute atomic E-state index is 0.627. The van der Waals surface area contributed by atoms with Gasteiger partial charge in [-0.1, -0.05) is 0 Å². The average molecular weight is 239 g/mol. The van der Waals surface area contributed by atoms with Crippen LogP contribution in [0.15, 0.2) is 16.7 Å². The molecular formula is C13H21NO3. The monoisotopic (exact) mass is 239 g/mol. The predicted octanol–water partition coefficient (Wildman–Crippen LogP) is 2.08. The molecule has 0 bridgehead atoms. The number of furan rings is 1. The molecule has 1 N–H and O–H groups in total. The molecule has 0 spiro atoms. The standard InChI is InChI=1S/C13H21NO3/c1-15-6-2-7-16-10-11-5-8-17-13(11)9-14-12-3-4-12/h5,8,12,14H,2-4,6-7,9-10H2,1H3. The van der Waals surface area contributed by atoms with Crippen LogP contribution in [0.2, 0.25) is 0 Å². The molecule has 1 aliphatic rings. The Balaban J connectivity index is 1.66. The minimum atomic E-state index is 0.627. The summed E-state index contributed by atoms with van der Waals surface area (Å²) in [6.07, 6.45) is 5.26. The smallest absolute Gasteiger partial charge is 0.123 e. The van der Waals surface area contributed by atoms with Crippen LogP contribution in [0.3, 0.4) is 0 Å². The highest BCUT2D eigenvalue weighted by atomic mass is 16.5. The largest absolute Gasteiger partial charge is 0.468 e. The maximum Gasteiger partial charge on any atom is 0.123 e. The highest BCUT2D eigenvalue weighted by molar-refractivity contribution is 5.16. The van der Waals surface area contributed by atoms with Crippen molar-refractivity contribution < 1.29 is 13.9 Å². The molecule has 0 radical (unpaired) electrons. The third kappa shape index (κ3) is 4.50. The maximum atomic E-state index is 5.58. The molecule has 2 rings (SSSR count). The molecule has 1 aromatic heterocycles. The van der Waals surface area contributed by atoms with Crippen LogP contribution in [0.25, 0.3) is 0 Å². The van der Waals surface area contributed by atoms with E-state index in [1.165, 1.54) is 12.8 Å². The Morgan fingerprint density at radius 2 is 2.29 bits per heavy atom. The van der Waals surface area contributed by atoms with Gasteiger partial charge in [-0.2, -0.15) is 0 Å². The van der Waals surface area contributed by atoms with Crippen LogP contribution in [-0.4, -0.2) is 26.4 Å². The molecule has 0 atom stereocenters. The summed E-state index contributed by atoms with van der Waals surface area (Å²) >= 11 is 0. The molecule has 1 fully saturated rings. The van der Waals surface area contributed by atoms with Crippen LogP contribution < -0.4 is 5.32 Å². The molecule has 1 aromatic rings. The van der Waals surface area contributed by atoms with E-state index in [-0.39, 0.29) is 0 Å². The average Bonchev–Trinajstić information content (AvgIpc) is 3.06. The molecule has 96 valence electrons. The SMILES string of the molecule is COCCCOCc1ccoc1CNC1CC1. The Morgan fingerprint density at radius 3 is 3.06 bits per heavy atom. The number of ether oxygens (including phenoxy) is 2. The molecule has 0 saturated heterocycles. The summed E-state index contributed by atoms with van der Waals surface area (Å²) in [7, 11) is 1.71. The molecule has 0 aliphatic heterocycles. The van der Waals surface area contributed by atoms with E-state index in [1.807, 2.05) is 6.07 Å². The second kappa shape index (κ2) is 6.79. The molecule has 0 amide bonds. The number of hydrogen-bond donors (Lipinski definition) is 1. The van der Waals surface area contributed by atoms with Crippen molar-refractivity contribution in [3.05, 3.63) is 23.7 Å². The molecule has 1 heterocycles. The number of methoxy groups -OCH3 is 1. The van der Waals surface area contributed by atoms with Crippen molar-refractivity contribution in [2.45, 2.75) is 38.5 Å². The highest BCUT2D eigenvalue weighted by Crippen LogP contribution is 2.20. The molecule has 0 aromatic carbocycles. The Bertz CT molecular complexity index is 320. The quantitative estimate of drug-likeness (QED) is 0.670. The zero-order chi connectivity index (χ0) is 11.9. The maximum absolute atomic E-state index is 5.58. The second-order valence-electron chi connectivity index (χ2n) is 4.42. The van der Waals surface area contributed by atoms with E-state index < -0.39 is 0 Å². The Kier molecular flexibility index (Phi) is 5.04. The first-order valence-electron chi connectivity index (χ1n) is 6.25. The van der Waals surface area contributed by atoms with Crippen LogP contribution in [0, 0.1) is 0 Å². The van der Waals surface area contributed by atoms with E-state index in [1.54, 1.807) is 13.4 Å². The van der Waals surface area contributed by atoms with Crippen molar-refractivity contribution in [1.29, 1.82) is 0 Å². The second-order valence-corrected chi connectivity index (χ2v) is 4.42. The topological polar surface area (TPSA) is 43.6 Å². The number of rotatable bonds is 9. The van der Waals surface area contributed by atoms with Crippen molar-refractivity contribution in [2.75, 3.05) is 20.3 Å². The van der Waals surface area contributed by atoms with E-state index in [0.29, 0.717) is 12.6 Å². The molecule has 4 nitrogen and oxygen atoms in total. The summed E-state index contributed by atoms with van der Waals surface area (Å²) in [6, 6.07) is 2.69. The summed E-state index contributed by atoms with van der Waals surface area (Å²) in [5, 5.41) is 3.44. The summed E-state index contributed by atoms with van der Waals surface area (Å²) in [5.41, 5.74) is 1.15. The van der Waals surface area contributed by atoms with Crippen molar-refractivity contribution in [3.63, 3.8) is 0 Å². The molecule has 17 heavy (non-hydrogen) atoms. The van der Waals surface area contributed by atoms with E-state index in [0.717, 1.165) is 37.5 Å². The summed E-state index contributed by atoms with van der Waals surface area (Å²) < 4.78 is 16.0. The first kappa shape index (κ1) is 12.6. The lowest BCUT2D eigenvalue weighted by atomic mass is 10.2. The van der Waals surface area contributed by atoms with Gasteiger partial charge in [-0.05, 0) is 25.3 Å². The van der Waals surface area contributed by atoms with Gasteiger partial charge >= 0.3 is 0 Å². The van der Waals surface area contributed by atoms with Gasteiger partial charge in [0.2, 0.25) is 0 Å². The number of hydrogen-bond acceptors (Lipinski definition) is 4. The molecule has 0 unspecified atom stereocenters. The molecule has 1 aliphatic carbocycles. The first-order chi connectivity index (χ1) is 8.40.